The number of ether oxygens (including phenoxy) is 1. The van der Waals surface area contributed by atoms with E-state index in [4.69, 9.17) is 16.3 Å². The summed E-state index contributed by atoms with van der Waals surface area (Å²) in [6.45, 7) is 0. The Hall–Kier alpha value is -2.26. The van der Waals surface area contributed by atoms with Gasteiger partial charge in [0.2, 0.25) is 10.0 Å². The highest BCUT2D eigenvalue weighted by Gasteiger charge is 2.59. The number of anilines is 1. The number of hydrogen-bond donors (Lipinski definition) is 2. The SMILES string of the molecule is COc1ccc(-c2nc3c(Cl)c(C45CC6CC(CC4C6)C5)[nH]n3n2)cc1NS(C)(=O)=O. The highest BCUT2D eigenvalue weighted by molar-refractivity contribution is 7.92. The van der Waals surface area contributed by atoms with Gasteiger partial charge in [-0.05, 0) is 68.1 Å². The van der Waals surface area contributed by atoms with Crippen LogP contribution in [0.4, 0.5) is 5.69 Å². The summed E-state index contributed by atoms with van der Waals surface area (Å²) in [5, 5.41) is 8.73. The topological polar surface area (TPSA) is 101 Å². The van der Waals surface area contributed by atoms with Crippen LogP contribution in [0.15, 0.2) is 18.2 Å². The molecule has 1 aromatic carbocycles. The second-order valence-electron chi connectivity index (χ2n) is 9.46. The molecule has 4 bridgehead atoms. The lowest BCUT2D eigenvalue weighted by Crippen LogP contribution is -2.28. The maximum atomic E-state index is 11.7. The standard InChI is InChI=1S/C21H24ClN5O3S/c1-30-16-4-3-13(8-15(16)26-31(2,28)29)19-23-20-17(22)18(24-27(20)25-19)21-9-11-5-12(10-21)7-14(21)6-11/h3-4,8,11-12,14,24,26H,5-7,9-10H2,1-2H3. The van der Waals surface area contributed by atoms with Crippen LogP contribution in [0, 0.1) is 17.8 Å². The third-order valence-electron chi connectivity index (χ3n) is 7.48. The van der Waals surface area contributed by atoms with Crippen molar-refractivity contribution in [1.29, 1.82) is 0 Å². The van der Waals surface area contributed by atoms with Gasteiger partial charge in [0.1, 0.15) is 10.8 Å². The Kier molecular flexibility index (Phi) is 4.00. The predicted molar refractivity (Wildman–Crippen MR) is 118 cm³/mol. The third-order valence-corrected chi connectivity index (χ3v) is 8.43. The molecule has 0 saturated heterocycles. The Morgan fingerprint density at radius 3 is 2.65 bits per heavy atom. The average Bonchev–Trinajstić information content (AvgIpc) is 3.38. The zero-order valence-corrected chi connectivity index (χ0v) is 18.9. The van der Waals surface area contributed by atoms with Crippen LogP contribution < -0.4 is 9.46 Å². The maximum absolute atomic E-state index is 11.7. The first-order valence-electron chi connectivity index (χ1n) is 10.6. The second kappa shape index (κ2) is 6.38. The van der Waals surface area contributed by atoms with Crippen molar-refractivity contribution >= 4 is 33.0 Å². The molecule has 2 atom stereocenters. The third kappa shape index (κ3) is 2.89. The van der Waals surface area contributed by atoms with Crippen molar-refractivity contribution in [2.24, 2.45) is 17.8 Å². The van der Waals surface area contributed by atoms with E-state index in [9.17, 15) is 8.42 Å². The Morgan fingerprint density at radius 2 is 2.00 bits per heavy atom. The summed E-state index contributed by atoms with van der Waals surface area (Å²) in [4.78, 5) is 4.68. The largest absolute Gasteiger partial charge is 0.495 e. The number of nitrogens with one attached hydrogen (secondary N) is 2. The van der Waals surface area contributed by atoms with Gasteiger partial charge in [0.15, 0.2) is 11.5 Å². The van der Waals surface area contributed by atoms with Crippen LogP contribution in [-0.2, 0) is 15.4 Å². The smallest absolute Gasteiger partial charge is 0.229 e. The van der Waals surface area contributed by atoms with Gasteiger partial charge in [0.25, 0.3) is 0 Å². The van der Waals surface area contributed by atoms with E-state index in [2.05, 4.69) is 19.9 Å². The number of nitrogens with zero attached hydrogens (tertiary/aromatic N) is 3. The van der Waals surface area contributed by atoms with Gasteiger partial charge in [-0.1, -0.05) is 11.6 Å². The van der Waals surface area contributed by atoms with Crippen molar-refractivity contribution in [3.05, 3.63) is 28.9 Å². The minimum atomic E-state index is -3.46. The number of halogens is 1. The number of rotatable bonds is 5. The number of benzene rings is 1. The molecule has 4 aliphatic carbocycles. The van der Waals surface area contributed by atoms with Gasteiger partial charge in [-0.15, -0.1) is 5.10 Å². The molecule has 0 radical (unpaired) electrons. The zero-order chi connectivity index (χ0) is 21.5. The van der Waals surface area contributed by atoms with Gasteiger partial charge in [0, 0.05) is 11.0 Å². The zero-order valence-electron chi connectivity index (χ0n) is 17.4. The normalized spacial score (nSPS) is 29.2. The lowest BCUT2D eigenvalue weighted by molar-refractivity contribution is 0.263. The minimum Gasteiger partial charge on any atom is -0.495 e. The molecule has 4 fully saturated rings. The number of aromatic nitrogens is 4. The molecule has 7 rings (SSSR count). The van der Waals surface area contributed by atoms with Gasteiger partial charge in [-0.25, -0.2) is 13.4 Å². The van der Waals surface area contributed by atoms with E-state index in [1.54, 1.807) is 22.8 Å². The number of sulfonamides is 1. The first-order chi connectivity index (χ1) is 14.8. The van der Waals surface area contributed by atoms with Crippen molar-refractivity contribution in [1.82, 2.24) is 19.8 Å². The monoisotopic (exact) mass is 461 g/mol. The molecule has 2 N–H and O–H groups in total. The number of H-pyrrole nitrogens is 1. The van der Waals surface area contributed by atoms with E-state index >= 15 is 0 Å². The van der Waals surface area contributed by atoms with Crippen LogP contribution in [0.5, 0.6) is 5.75 Å². The molecule has 2 heterocycles. The number of methoxy groups -OCH3 is 1. The van der Waals surface area contributed by atoms with Gasteiger partial charge >= 0.3 is 0 Å². The predicted octanol–water partition coefficient (Wildman–Crippen LogP) is 3.84. The van der Waals surface area contributed by atoms with E-state index in [0.29, 0.717) is 39.4 Å². The first-order valence-corrected chi connectivity index (χ1v) is 12.8. The fraction of sp³-hybridized carbons (Fsp3) is 0.524. The molecule has 2 aromatic heterocycles. The molecule has 4 saturated carbocycles. The summed E-state index contributed by atoms with van der Waals surface area (Å²) in [6.07, 6.45) is 7.52. The molecule has 164 valence electrons. The van der Waals surface area contributed by atoms with Crippen LogP contribution in [0.1, 0.15) is 37.8 Å². The summed E-state index contributed by atoms with van der Waals surface area (Å²) in [6, 6.07) is 5.16. The lowest BCUT2D eigenvalue weighted by atomic mass is 9.73. The Labute approximate surface area is 185 Å². The lowest BCUT2D eigenvalue weighted by Gasteiger charge is -2.32. The molecule has 8 nitrogen and oxygen atoms in total. The van der Waals surface area contributed by atoms with E-state index in [1.807, 2.05) is 0 Å². The maximum Gasteiger partial charge on any atom is 0.229 e. The molecule has 31 heavy (non-hydrogen) atoms. The molecule has 10 heteroatoms. The summed E-state index contributed by atoms with van der Waals surface area (Å²) in [7, 11) is -1.97. The van der Waals surface area contributed by atoms with Crippen molar-refractivity contribution in [2.75, 3.05) is 18.1 Å². The highest BCUT2D eigenvalue weighted by Crippen LogP contribution is 2.66. The van der Waals surface area contributed by atoms with Crippen LogP contribution in [0.2, 0.25) is 5.02 Å². The van der Waals surface area contributed by atoms with Gasteiger partial charge < -0.3 is 4.74 Å². The van der Waals surface area contributed by atoms with Crippen LogP contribution in [0.3, 0.4) is 0 Å². The van der Waals surface area contributed by atoms with E-state index in [0.717, 1.165) is 23.8 Å². The van der Waals surface area contributed by atoms with Gasteiger partial charge in [0.05, 0.1) is 24.7 Å². The fourth-order valence-corrected chi connectivity index (χ4v) is 7.49. The minimum absolute atomic E-state index is 0.153. The fourth-order valence-electron chi connectivity index (χ4n) is 6.58. The van der Waals surface area contributed by atoms with Crippen molar-refractivity contribution < 1.29 is 13.2 Å². The Bertz CT molecular complexity index is 1300. The summed E-state index contributed by atoms with van der Waals surface area (Å²) in [5.41, 5.74) is 2.87. The molecule has 2 unspecified atom stereocenters. The van der Waals surface area contributed by atoms with Crippen molar-refractivity contribution in [2.45, 2.75) is 37.5 Å². The summed E-state index contributed by atoms with van der Waals surface area (Å²) in [5.74, 6) is 3.25. The Balaban J connectivity index is 1.39. The van der Waals surface area contributed by atoms with E-state index in [-0.39, 0.29) is 5.41 Å². The molecule has 0 aliphatic heterocycles. The van der Waals surface area contributed by atoms with E-state index < -0.39 is 10.0 Å². The van der Waals surface area contributed by atoms with Crippen LogP contribution >= 0.6 is 11.6 Å². The van der Waals surface area contributed by atoms with Gasteiger partial charge in [-0.2, -0.15) is 4.63 Å². The molecule has 0 spiro atoms. The highest BCUT2D eigenvalue weighted by atomic mass is 35.5. The number of fused-ring (bicyclic) bond motifs is 1. The summed E-state index contributed by atoms with van der Waals surface area (Å²) < 4.78 is 32.8. The quantitative estimate of drug-likeness (QED) is 0.601. The molecular weight excluding hydrogens is 438 g/mol. The summed E-state index contributed by atoms with van der Waals surface area (Å²) >= 11 is 6.86. The average molecular weight is 462 g/mol. The number of hydrogen-bond acceptors (Lipinski definition) is 5. The first kappa shape index (κ1) is 19.4. The molecule has 0 amide bonds. The van der Waals surface area contributed by atoms with Gasteiger partial charge in [-0.3, -0.25) is 9.82 Å². The van der Waals surface area contributed by atoms with E-state index in [1.165, 1.54) is 39.2 Å². The Morgan fingerprint density at radius 1 is 1.26 bits per heavy atom. The van der Waals surface area contributed by atoms with Crippen LogP contribution in [0.25, 0.3) is 17.0 Å². The molecule has 3 aromatic rings. The molecular formula is C21H24ClN5O3S. The molecule has 4 aliphatic rings. The number of aromatic amines is 1. The van der Waals surface area contributed by atoms with Crippen LogP contribution in [-0.4, -0.2) is 41.6 Å². The second-order valence-corrected chi connectivity index (χ2v) is 11.6. The van der Waals surface area contributed by atoms with Crippen molar-refractivity contribution in [3.63, 3.8) is 0 Å². The van der Waals surface area contributed by atoms with Crippen molar-refractivity contribution in [3.8, 4) is 17.1 Å².